The van der Waals surface area contributed by atoms with E-state index in [1.165, 1.54) is 24.0 Å². The number of carbonyl (C=O) groups excluding carboxylic acids is 1. The monoisotopic (exact) mass is 362 g/mol. The van der Waals surface area contributed by atoms with Crippen molar-refractivity contribution in [2.45, 2.75) is 38.1 Å². The lowest BCUT2D eigenvalue weighted by atomic mass is 9.90. The number of aryl methyl sites for hydroxylation is 2. The molecule has 0 radical (unpaired) electrons. The van der Waals surface area contributed by atoms with E-state index in [-0.39, 0.29) is 17.7 Å². The molecular formula is C19H26N2O3S. The minimum atomic E-state index is -2.85. The van der Waals surface area contributed by atoms with E-state index in [0.29, 0.717) is 18.8 Å². The first-order chi connectivity index (χ1) is 12.0. The molecule has 25 heavy (non-hydrogen) atoms. The largest absolute Gasteiger partial charge is 0.336 e. The molecule has 1 amide bonds. The molecule has 0 saturated carbocycles. The van der Waals surface area contributed by atoms with Gasteiger partial charge in [0.15, 0.2) is 9.84 Å². The van der Waals surface area contributed by atoms with Crippen LogP contribution in [0.2, 0.25) is 0 Å². The van der Waals surface area contributed by atoms with Crippen molar-refractivity contribution in [2.75, 3.05) is 37.7 Å². The molecule has 1 aliphatic carbocycles. The molecule has 4 rings (SSSR count). The number of fused-ring (bicyclic) bond motifs is 1. The summed E-state index contributed by atoms with van der Waals surface area (Å²) in [6.45, 7) is 2.92. The van der Waals surface area contributed by atoms with Gasteiger partial charge in [0.2, 0.25) is 0 Å². The molecule has 136 valence electrons. The normalized spacial score (nSPS) is 26.4. The summed E-state index contributed by atoms with van der Waals surface area (Å²) in [5.74, 6) is 0.713. The zero-order chi connectivity index (χ0) is 17.4. The van der Waals surface area contributed by atoms with Gasteiger partial charge in [-0.2, -0.15) is 0 Å². The number of nitrogens with zero attached hydrogens (tertiary/aromatic N) is 2. The van der Waals surface area contributed by atoms with Crippen LogP contribution >= 0.6 is 0 Å². The van der Waals surface area contributed by atoms with Gasteiger partial charge in [-0.1, -0.05) is 6.07 Å². The average Bonchev–Trinajstić information content (AvgIpc) is 3.01. The van der Waals surface area contributed by atoms with Crippen molar-refractivity contribution >= 4 is 15.7 Å². The van der Waals surface area contributed by atoms with Crippen LogP contribution in [-0.4, -0.2) is 67.9 Å². The highest BCUT2D eigenvalue weighted by molar-refractivity contribution is 7.91. The second kappa shape index (κ2) is 6.72. The molecular weight excluding hydrogens is 336 g/mol. The molecule has 3 aliphatic rings. The fraction of sp³-hybridized carbons (Fsp3) is 0.632. The van der Waals surface area contributed by atoms with Gasteiger partial charge >= 0.3 is 0 Å². The molecule has 2 fully saturated rings. The van der Waals surface area contributed by atoms with Gasteiger partial charge in [0.05, 0.1) is 11.5 Å². The molecule has 6 heteroatoms. The second-order valence-corrected chi connectivity index (χ2v) is 9.80. The van der Waals surface area contributed by atoms with Crippen molar-refractivity contribution in [1.29, 1.82) is 0 Å². The highest BCUT2D eigenvalue weighted by atomic mass is 32.2. The van der Waals surface area contributed by atoms with Crippen LogP contribution in [0.1, 0.15) is 40.7 Å². The third-order valence-electron chi connectivity index (χ3n) is 5.92. The Morgan fingerprint density at radius 1 is 1.00 bits per heavy atom. The minimum Gasteiger partial charge on any atom is -0.336 e. The van der Waals surface area contributed by atoms with Crippen LogP contribution in [0.4, 0.5) is 0 Å². The number of hydrogen-bond donors (Lipinski definition) is 0. The Balaban J connectivity index is 1.38. The van der Waals surface area contributed by atoms with Crippen molar-refractivity contribution in [3.8, 4) is 0 Å². The number of piperazine rings is 1. The van der Waals surface area contributed by atoms with Gasteiger partial charge in [0, 0.05) is 37.8 Å². The minimum absolute atomic E-state index is 0.118. The van der Waals surface area contributed by atoms with Crippen LogP contribution in [0.3, 0.4) is 0 Å². The predicted molar refractivity (Wildman–Crippen MR) is 97.6 cm³/mol. The van der Waals surface area contributed by atoms with Crippen molar-refractivity contribution in [2.24, 2.45) is 0 Å². The van der Waals surface area contributed by atoms with Gasteiger partial charge in [0.1, 0.15) is 0 Å². The highest BCUT2D eigenvalue weighted by Crippen LogP contribution is 2.24. The maximum absolute atomic E-state index is 12.8. The molecule has 1 aromatic rings. The lowest BCUT2D eigenvalue weighted by Gasteiger charge is -2.37. The summed E-state index contributed by atoms with van der Waals surface area (Å²) < 4.78 is 23.3. The summed E-state index contributed by atoms with van der Waals surface area (Å²) in [7, 11) is -2.85. The molecule has 1 atom stereocenters. The van der Waals surface area contributed by atoms with Gasteiger partial charge in [-0.3, -0.25) is 9.69 Å². The van der Waals surface area contributed by atoms with E-state index in [4.69, 9.17) is 0 Å². The lowest BCUT2D eigenvalue weighted by Crippen LogP contribution is -2.52. The van der Waals surface area contributed by atoms with Crippen LogP contribution in [0.5, 0.6) is 0 Å². The van der Waals surface area contributed by atoms with Crippen molar-refractivity contribution in [3.05, 3.63) is 34.9 Å². The third kappa shape index (κ3) is 3.60. The van der Waals surface area contributed by atoms with Gasteiger partial charge in [-0.15, -0.1) is 0 Å². The fourth-order valence-electron chi connectivity index (χ4n) is 4.40. The average molecular weight is 362 g/mol. The Morgan fingerprint density at radius 3 is 2.40 bits per heavy atom. The summed E-state index contributed by atoms with van der Waals surface area (Å²) in [4.78, 5) is 17.0. The van der Waals surface area contributed by atoms with E-state index in [1.54, 1.807) is 0 Å². The smallest absolute Gasteiger partial charge is 0.253 e. The first-order valence-corrected chi connectivity index (χ1v) is 11.2. The second-order valence-electron chi connectivity index (χ2n) is 7.58. The summed E-state index contributed by atoms with van der Waals surface area (Å²) in [5, 5.41) is 0. The standard InChI is InChI=1S/C19H26N2O3S/c22-19(17-6-5-15-3-1-2-4-16(15)13-17)21-10-8-20(9-11-21)18-7-12-25(23,24)14-18/h5-6,13,18H,1-4,7-12,14H2. The van der Waals surface area contributed by atoms with Crippen molar-refractivity contribution in [3.63, 3.8) is 0 Å². The molecule has 0 bridgehead atoms. The maximum atomic E-state index is 12.8. The number of benzene rings is 1. The first kappa shape index (κ1) is 17.0. The molecule has 1 unspecified atom stereocenters. The van der Waals surface area contributed by atoms with Crippen LogP contribution in [-0.2, 0) is 22.7 Å². The molecule has 1 aromatic carbocycles. The van der Waals surface area contributed by atoms with E-state index >= 15 is 0 Å². The van der Waals surface area contributed by atoms with Crippen LogP contribution < -0.4 is 0 Å². The Hall–Kier alpha value is -1.40. The number of hydrogen-bond acceptors (Lipinski definition) is 4. The zero-order valence-electron chi connectivity index (χ0n) is 14.6. The Labute approximate surface area is 149 Å². The Morgan fingerprint density at radius 2 is 1.72 bits per heavy atom. The third-order valence-corrected chi connectivity index (χ3v) is 7.67. The quantitative estimate of drug-likeness (QED) is 0.800. The van der Waals surface area contributed by atoms with Crippen LogP contribution in [0.15, 0.2) is 18.2 Å². The Kier molecular flexibility index (Phi) is 4.58. The topological polar surface area (TPSA) is 57.7 Å². The summed E-state index contributed by atoms with van der Waals surface area (Å²) in [5.41, 5.74) is 3.54. The molecule has 5 nitrogen and oxygen atoms in total. The van der Waals surface area contributed by atoms with E-state index in [1.807, 2.05) is 11.0 Å². The maximum Gasteiger partial charge on any atom is 0.253 e. The van der Waals surface area contributed by atoms with E-state index in [2.05, 4.69) is 17.0 Å². The summed E-state index contributed by atoms with van der Waals surface area (Å²) in [6, 6.07) is 6.34. The Bertz CT molecular complexity index is 767. The lowest BCUT2D eigenvalue weighted by molar-refractivity contribution is 0.0587. The van der Waals surface area contributed by atoms with E-state index < -0.39 is 9.84 Å². The first-order valence-electron chi connectivity index (χ1n) is 9.37. The van der Waals surface area contributed by atoms with E-state index in [0.717, 1.165) is 37.9 Å². The number of sulfone groups is 1. The van der Waals surface area contributed by atoms with Gasteiger partial charge in [-0.05, 0) is 55.4 Å². The van der Waals surface area contributed by atoms with Gasteiger partial charge in [0.25, 0.3) is 5.91 Å². The van der Waals surface area contributed by atoms with Crippen LogP contribution in [0.25, 0.3) is 0 Å². The van der Waals surface area contributed by atoms with Crippen molar-refractivity contribution in [1.82, 2.24) is 9.80 Å². The predicted octanol–water partition coefficient (Wildman–Crippen LogP) is 1.51. The molecule has 2 saturated heterocycles. The number of amides is 1. The molecule has 0 aromatic heterocycles. The molecule has 0 spiro atoms. The van der Waals surface area contributed by atoms with Crippen molar-refractivity contribution < 1.29 is 13.2 Å². The molecule has 2 heterocycles. The molecule has 2 aliphatic heterocycles. The van der Waals surface area contributed by atoms with Gasteiger partial charge < -0.3 is 4.90 Å². The zero-order valence-corrected chi connectivity index (χ0v) is 15.4. The number of rotatable bonds is 2. The summed E-state index contributed by atoms with van der Waals surface area (Å²) >= 11 is 0. The van der Waals surface area contributed by atoms with E-state index in [9.17, 15) is 13.2 Å². The van der Waals surface area contributed by atoms with Crippen LogP contribution in [0, 0.1) is 0 Å². The number of carbonyl (C=O) groups is 1. The van der Waals surface area contributed by atoms with Gasteiger partial charge in [-0.25, -0.2) is 8.42 Å². The fourth-order valence-corrected chi connectivity index (χ4v) is 6.16. The highest BCUT2D eigenvalue weighted by Gasteiger charge is 2.34. The molecule has 0 N–H and O–H groups in total. The summed E-state index contributed by atoms with van der Waals surface area (Å²) in [6.07, 6.45) is 5.42. The SMILES string of the molecule is O=C(c1ccc2c(c1)CCCC2)N1CCN(C2CCS(=O)(=O)C2)CC1.